The monoisotopic (exact) mass is 314 g/mol. The van der Waals surface area contributed by atoms with Gasteiger partial charge in [0.2, 0.25) is 0 Å². The Labute approximate surface area is 111 Å². The first-order chi connectivity index (χ1) is 6.34. The molecule has 0 aliphatic heterocycles. The van der Waals surface area contributed by atoms with Gasteiger partial charge in [-0.05, 0) is 25.7 Å². The second-order valence-corrected chi connectivity index (χ2v) is 1.67. The Morgan fingerprint density at radius 1 is 1.20 bits per heavy atom. The van der Waals surface area contributed by atoms with Crippen LogP contribution in [0.1, 0.15) is 0 Å². The standard InChI is InChI=1S/C7H7O2.2CO.BrH.Fe/c1-9-7(8)6-4-2-3-5-6;2*1-2;;/h2-5H,1H3;;;1H;/q;;;;+3/p-1. The predicted molar refractivity (Wildman–Crippen MR) is 40.3 cm³/mol. The molecule has 0 bridgehead atoms. The largest absolute Gasteiger partial charge is 3.00 e. The van der Waals surface area contributed by atoms with Gasteiger partial charge in [0.25, 0.3) is 0 Å². The van der Waals surface area contributed by atoms with E-state index in [4.69, 9.17) is 9.30 Å². The Hall–Kier alpha value is -0.0505. The number of methoxy groups -OCH3 is 1. The van der Waals surface area contributed by atoms with E-state index in [2.05, 4.69) is 18.0 Å². The van der Waals surface area contributed by atoms with Gasteiger partial charge in [0.15, 0.2) is 0 Å². The summed E-state index contributed by atoms with van der Waals surface area (Å²) in [5, 5.41) is 0. The molecule has 6 radical (unpaired) electrons. The summed E-state index contributed by atoms with van der Waals surface area (Å²) in [5.74, 6) is 0.331. The van der Waals surface area contributed by atoms with Crippen molar-refractivity contribution in [1.29, 1.82) is 0 Å². The first-order valence-corrected chi connectivity index (χ1v) is 3.05. The second-order valence-electron chi connectivity index (χ2n) is 1.67. The van der Waals surface area contributed by atoms with Gasteiger partial charge in [0.05, 0.1) is 13.0 Å². The smallest absolute Gasteiger partial charge is 3.00 e. The fraction of sp³-hybridized carbons (Fsp3) is 0.111. The van der Waals surface area contributed by atoms with Gasteiger partial charge in [-0.15, -0.1) is 0 Å². The van der Waals surface area contributed by atoms with Crippen molar-refractivity contribution in [3.63, 3.8) is 0 Å². The number of carbonyl (C=O) groups excluding carboxylic acids is 1. The zero-order valence-corrected chi connectivity index (χ0v) is 10.4. The van der Waals surface area contributed by atoms with Gasteiger partial charge in [-0.25, -0.2) is 0 Å². The molecule has 0 spiro atoms. The van der Waals surface area contributed by atoms with E-state index < -0.39 is 0 Å². The van der Waals surface area contributed by atoms with Crippen molar-refractivity contribution in [3.05, 3.63) is 44.9 Å². The van der Waals surface area contributed by atoms with Gasteiger partial charge in [-0.3, -0.25) is 4.79 Å². The van der Waals surface area contributed by atoms with E-state index >= 15 is 0 Å². The summed E-state index contributed by atoms with van der Waals surface area (Å²) in [6.45, 7) is 9.00. The molecule has 0 aromatic rings. The summed E-state index contributed by atoms with van der Waals surface area (Å²) < 4.78 is 19.5. The summed E-state index contributed by atoms with van der Waals surface area (Å²) in [6, 6.07) is 0. The van der Waals surface area contributed by atoms with Crippen LogP contribution in [0.5, 0.6) is 0 Å². The number of esters is 1. The maximum Gasteiger partial charge on any atom is 3.00 e. The molecule has 0 heterocycles. The zero-order chi connectivity index (χ0) is 10.7. The van der Waals surface area contributed by atoms with Gasteiger partial charge in [-0.1, -0.05) is 0 Å². The zero-order valence-electron chi connectivity index (χ0n) is 7.67. The molecule has 1 fully saturated rings. The van der Waals surface area contributed by atoms with E-state index in [1.54, 1.807) is 25.7 Å². The van der Waals surface area contributed by atoms with E-state index in [1.807, 2.05) is 0 Å². The van der Waals surface area contributed by atoms with E-state index in [0.29, 0.717) is 5.92 Å². The van der Waals surface area contributed by atoms with Crippen molar-refractivity contribution in [2.45, 2.75) is 0 Å². The molecule has 1 rings (SSSR count). The van der Waals surface area contributed by atoms with Gasteiger partial charge < -0.3 is 21.7 Å². The molecule has 0 amide bonds. The molecule has 6 heteroatoms. The Balaban J connectivity index is -0.0000000910. The van der Waals surface area contributed by atoms with Crippen molar-refractivity contribution in [2.75, 3.05) is 7.11 Å². The molecule has 1 aliphatic rings. The van der Waals surface area contributed by atoms with Crippen LogP contribution in [0.15, 0.2) is 0 Å². The number of ether oxygens (including phenoxy) is 1. The molecular formula is C9H7BrFeO4+2. The predicted octanol–water partition coefficient (Wildman–Crippen LogP) is -2.51. The Morgan fingerprint density at radius 3 is 1.80 bits per heavy atom. The van der Waals surface area contributed by atoms with Crippen LogP contribution < -0.4 is 17.0 Å². The molecule has 0 unspecified atom stereocenters. The van der Waals surface area contributed by atoms with Gasteiger partial charge in [0, 0.05) is 0 Å². The van der Waals surface area contributed by atoms with Crippen LogP contribution in [0.2, 0.25) is 0 Å². The number of halogens is 1. The summed E-state index contributed by atoms with van der Waals surface area (Å²) in [7, 11) is 1.37. The molecule has 0 N–H and O–H groups in total. The van der Waals surface area contributed by atoms with Crippen molar-refractivity contribution >= 4 is 5.97 Å². The molecule has 1 saturated carbocycles. The first-order valence-electron chi connectivity index (χ1n) is 3.05. The number of rotatable bonds is 1. The van der Waals surface area contributed by atoms with E-state index in [9.17, 15) is 4.79 Å². The number of hydrogen-bond donors (Lipinski definition) is 0. The maximum absolute atomic E-state index is 10.7. The van der Waals surface area contributed by atoms with Crippen molar-refractivity contribution in [2.24, 2.45) is 0 Å². The normalized spacial score (nSPS) is 12.3. The number of carbonyl (C=O) groups is 1. The Bertz CT molecular complexity index is 169. The molecular weight excluding hydrogens is 308 g/mol. The van der Waals surface area contributed by atoms with Crippen LogP contribution in [0.3, 0.4) is 0 Å². The minimum absolute atomic E-state index is 0. The maximum atomic E-state index is 10.7. The Morgan fingerprint density at radius 2 is 1.53 bits per heavy atom. The average molecular weight is 315 g/mol. The number of hydrogen-bond acceptors (Lipinski definition) is 2. The molecule has 0 aromatic heterocycles. The molecule has 0 saturated heterocycles. The SMILES string of the molecule is COC(=O)[C]1[CH][CH][CH][CH]1.[Br-].[C-]#[O+].[C-]#[O+].[Fe+3]. The quantitative estimate of drug-likeness (QED) is 0.232. The minimum atomic E-state index is -0.278. The second kappa shape index (κ2) is 19.5. The van der Waals surface area contributed by atoms with Crippen LogP contribution in [-0.2, 0) is 35.9 Å². The van der Waals surface area contributed by atoms with E-state index in [0.717, 1.165) is 0 Å². The minimum Gasteiger partial charge on any atom is 3.00 e. The first kappa shape index (κ1) is 24.3. The van der Waals surface area contributed by atoms with Gasteiger partial charge in [0.1, 0.15) is 0 Å². The third-order valence-electron chi connectivity index (χ3n) is 1.08. The van der Waals surface area contributed by atoms with Crippen molar-refractivity contribution < 1.29 is 52.9 Å². The fourth-order valence-corrected chi connectivity index (χ4v) is 0.628. The third kappa shape index (κ3) is 11.9. The van der Waals surface area contributed by atoms with Crippen molar-refractivity contribution in [3.8, 4) is 0 Å². The molecule has 80 valence electrons. The van der Waals surface area contributed by atoms with Crippen LogP contribution >= 0.6 is 0 Å². The van der Waals surface area contributed by atoms with Crippen LogP contribution in [0.25, 0.3) is 0 Å². The molecule has 0 aromatic carbocycles. The summed E-state index contributed by atoms with van der Waals surface area (Å²) in [5.41, 5.74) is 0. The Kier molecular flexibility index (Phi) is 31.6. The van der Waals surface area contributed by atoms with E-state index in [-0.39, 0.29) is 40.0 Å². The third-order valence-corrected chi connectivity index (χ3v) is 1.08. The van der Waals surface area contributed by atoms with Gasteiger partial charge in [-0.2, -0.15) is 0 Å². The molecule has 15 heavy (non-hydrogen) atoms. The van der Waals surface area contributed by atoms with Crippen LogP contribution in [0, 0.1) is 44.9 Å². The topological polar surface area (TPSA) is 66.1 Å². The average Bonchev–Trinajstić information content (AvgIpc) is 2.76. The molecule has 1 aliphatic carbocycles. The van der Waals surface area contributed by atoms with Gasteiger partial charge >= 0.3 is 45.6 Å². The summed E-state index contributed by atoms with van der Waals surface area (Å²) in [6.07, 6.45) is 7.02. The van der Waals surface area contributed by atoms with Crippen molar-refractivity contribution in [1.82, 2.24) is 0 Å². The summed E-state index contributed by atoms with van der Waals surface area (Å²) in [4.78, 5) is 10.7. The molecule has 4 nitrogen and oxygen atoms in total. The summed E-state index contributed by atoms with van der Waals surface area (Å²) >= 11 is 0. The van der Waals surface area contributed by atoms with E-state index in [1.165, 1.54) is 7.11 Å². The van der Waals surface area contributed by atoms with Crippen LogP contribution in [0.4, 0.5) is 0 Å². The molecule has 0 atom stereocenters. The fourth-order valence-electron chi connectivity index (χ4n) is 0.628. The van der Waals surface area contributed by atoms with Crippen LogP contribution in [-0.4, -0.2) is 13.1 Å².